The molecule has 0 amide bonds. The SMILES string of the molecule is CCCCCCCCC(C)OC(=O)CCCC(=O)Oc1ccccc1OC(C)C. The molecule has 1 aromatic rings. The highest BCUT2D eigenvalue weighted by atomic mass is 16.6. The van der Waals surface area contributed by atoms with Crippen LogP contribution in [0.4, 0.5) is 0 Å². The van der Waals surface area contributed by atoms with E-state index in [9.17, 15) is 9.59 Å². The van der Waals surface area contributed by atoms with Gasteiger partial charge in [0.25, 0.3) is 0 Å². The predicted molar refractivity (Wildman–Crippen MR) is 115 cm³/mol. The molecule has 0 aliphatic carbocycles. The van der Waals surface area contributed by atoms with Crippen molar-refractivity contribution in [3.8, 4) is 11.5 Å². The summed E-state index contributed by atoms with van der Waals surface area (Å²) in [7, 11) is 0. The molecule has 0 N–H and O–H groups in total. The molecule has 0 bridgehead atoms. The van der Waals surface area contributed by atoms with Crippen LogP contribution in [-0.2, 0) is 14.3 Å². The summed E-state index contributed by atoms with van der Waals surface area (Å²) in [6.45, 7) is 7.97. The average Bonchev–Trinajstić information content (AvgIpc) is 2.65. The second kappa shape index (κ2) is 14.9. The first-order valence-corrected chi connectivity index (χ1v) is 11.1. The van der Waals surface area contributed by atoms with Crippen molar-refractivity contribution in [2.45, 2.75) is 104 Å². The number of carbonyl (C=O) groups excluding carboxylic acids is 2. The number of carbonyl (C=O) groups is 2. The number of unbranched alkanes of at least 4 members (excludes halogenated alkanes) is 5. The second-order valence-electron chi connectivity index (χ2n) is 7.80. The summed E-state index contributed by atoms with van der Waals surface area (Å²) >= 11 is 0. The van der Waals surface area contributed by atoms with E-state index < -0.39 is 0 Å². The minimum absolute atomic E-state index is 0.0112. The van der Waals surface area contributed by atoms with E-state index in [2.05, 4.69) is 6.92 Å². The highest BCUT2D eigenvalue weighted by molar-refractivity contribution is 5.75. The van der Waals surface area contributed by atoms with Crippen LogP contribution in [0, 0.1) is 0 Å². The zero-order valence-electron chi connectivity index (χ0n) is 18.6. The smallest absolute Gasteiger partial charge is 0.311 e. The Labute approximate surface area is 176 Å². The van der Waals surface area contributed by atoms with Gasteiger partial charge in [0.15, 0.2) is 11.5 Å². The monoisotopic (exact) mass is 406 g/mol. The van der Waals surface area contributed by atoms with Crippen LogP contribution in [0.15, 0.2) is 24.3 Å². The maximum Gasteiger partial charge on any atom is 0.311 e. The Kier molecular flexibility index (Phi) is 12.8. The molecule has 29 heavy (non-hydrogen) atoms. The Balaban J connectivity index is 2.21. The number of hydrogen-bond acceptors (Lipinski definition) is 5. The summed E-state index contributed by atoms with van der Waals surface area (Å²) < 4.78 is 16.5. The van der Waals surface area contributed by atoms with Gasteiger partial charge in [-0.2, -0.15) is 0 Å². The van der Waals surface area contributed by atoms with Gasteiger partial charge in [0.1, 0.15) is 0 Å². The predicted octanol–water partition coefficient (Wildman–Crippen LogP) is 6.23. The lowest BCUT2D eigenvalue weighted by atomic mass is 10.1. The summed E-state index contributed by atoms with van der Waals surface area (Å²) in [4.78, 5) is 24.0. The molecule has 1 aromatic carbocycles. The van der Waals surface area contributed by atoms with Crippen LogP contribution < -0.4 is 9.47 Å². The van der Waals surface area contributed by atoms with Gasteiger partial charge < -0.3 is 14.2 Å². The quantitative estimate of drug-likeness (QED) is 0.196. The summed E-state index contributed by atoms with van der Waals surface area (Å²) in [5, 5.41) is 0. The van der Waals surface area contributed by atoms with E-state index in [0.29, 0.717) is 17.9 Å². The molecule has 0 radical (unpaired) electrons. The van der Waals surface area contributed by atoms with Crippen LogP contribution in [0.5, 0.6) is 11.5 Å². The standard InChI is InChI=1S/C24H38O5/c1-5-6-7-8-9-10-14-20(4)28-23(25)17-13-18-24(26)29-22-16-12-11-15-21(22)27-19(2)3/h11-12,15-16,19-20H,5-10,13-14,17-18H2,1-4H3. The molecular weight excluding hydrogens is 368 g/mol. The Morgan fingerprint density at radius 1 is 0.828 bits per heavy atom. The van der Waals surface area contributed by atoms with Gasteiger partial charge in [-0.15, -0.1) is 0 Å². The molecule has 164 valence electrons. The third-order valence-corrected chi connectivity index (χ3v) is 4.49. The van der Waals surface area contributed by atoms with Gasteiger partial charge in [-0.05, 0) is 52.2 Å². The van der Waals surface area contributed by atoms with E-state index in [0.717, 1.165) is 12.8 Å². The van der Waals surface area contributed by atoms with Crippen molar-refractivity contribution in [1.29, 1.82) is 0 Å². The summed E-state index contributed by atoms with van der Waals surface area (Å²) in [5.41, 5.74) is 0. The Bertz CT molecular complexity index is 597. The van der Waals surface area contributed by atoms with Crippen molar-refractivity contribution < 1.29 is 23.8 Å². The second-order valence-corrected chi connectivity index (χ2v) is 7.80. The molecule has 0 saturated carbocycles. The van der Waals surface area contributed by atoms with Crippen LogP contribution in [0.1, 0.15) is 91.9 Å². The maximum atomic E-state index is 12.1. The van der Waals surface area contributed by atoms with Crippen molar-refractivity contribution >= 4 is 11.9 Å². The van der Waals surface area contributed by atoms with Gasteiger partial charge in [0.2, 0.25) is 0 Å². The van der Waals surface area contributed by atoms with Crippen molar-refractivity contribution in [1.82, 2.24) is 0 Å². The van der Waals surface area contributed by atoms with Gasteiger partial charge in [-0.25, -0.2) is 0 Å². The maximum absolute atomic E-state index is 12.1. The number of benzene rings is 1. The highest BCUT2D eigenvalue weighted by Crippen LogP contribution is 2.27. The van der Waals surface area contributed by atoms with Gasteiger partial charge in [0, 0.05) is 12.8 Å². The van der Waals surface area contributed by atoms with Gasteiger partial charge in [0.05, 0.1) is 12.2 Å². The number of ether oxygens (including phenoxy) is 3. The summed E-state index contributed by atoms with van der Waals surface area (Å²) in [6.07, 6.45) is 8.97. The van der Waals surface area contributed by atoms with E-state index in [1.807, 2.05) is 26.8 Å². The fraction of sp³-hybridized carbons (Fsp3) is 0.667. The van der Waals surface area contributed by atoms with Crippen molar-refractivity contribution in [2.24, 2.45) is 0 Å². The Hall–Kier alpha value is -2.04. The molecule has 1 unspecified atom stereocenters. The first-order chi connectivity index (χ1) is 13.9. The van der Waals surface area contributed by atoms with E-state index in [1.165, 1.54) is 32.1 Å². The lowest BCUT2D eigenvalue weighted by molar-refractivity contribution is -0.148. The van der Waals surface area contributed by atoms with Gasteiger partial charge in [-0.3, -0.25) is 9.59 Å². The number of hydrogen-bond donors (Lipinski definition) is 0. The van der Waals surface area contributed by atoms with Crippen LogP contribution >= 0.6 is 0 Å². The van der Waals surface area contributed by atoms with Crippen LogP contribution in [0.25, 0.3) is 0 Å². The summed E-state index contributed by atoms with van der Waals surface area (Å²) in [5.74, 6) is 0.317. The number of esters is 2. The van der Waals surface area contributed by atoms with E-state index in [-0.39, 0.29) is 37.0 Å². The fourth-order valence-corrected chi connectivity index (χ4v) is 2.99. The van der Waals surface area contributed by atoms with E-state index >= 15 is 0 Å². The average molecular weight is 407 g/mol. The first kappa shape index (κ1) is 25.0. The minimum atomic E-state index is -0.377. The zero-order chi connectivity index (χ0) is 21.5. The molecule has 0 aromatic heterocycles. The molecule has 0 heterocycles. The van der Waals surface area contributed by atoms with Crippen molar-refractivity contribution in [2.75, 3.05) is 0 Å². The van der Waals surface area contributed by atoms with Crippen molar-refractivity contribution in [3.05, 3.63) is 24.3 Å². The fourth-order valence-electron chi connectivity index (χ4n) is 2.99. The Morgan fingerprint density at radius 2 is 1.45 bits per heavy atom. The lowest BCUT2D eigenvalue weighted by Gasteiger charge is -2.14. The Morgan fingerprint density at radius 3 is 2.14 bits per heavy atom. The molecule has 0 spiro atoms. The lowest BCUT2D eigenvalue weighted by Crippen LogP contribution is -2.16. The molecular formula is C24H38O5. The van der Waals surface area contributed by atoms with Gasteiger partial charge >= 0.3 is 11.9 Å². The number of rotatable bonds is 15. The molecule has 1 rings (SSSR count). The van der Waals surface area contributed by atoms with Crippen LogP contribution in [-0.4, -0.2) is 24.1 Å². The first-order valence-electron chi connectivity index (χ1n) is 11.1. The largest absolute Gasteiger partial charge is 0.487 e. The van der Waals surface area contributed by atoms with Gasteiger partial charge in [-0.1, -0.05) is 51.2 Å². The molecule has 0 saturated heterocycles. The topological polar surface area (TPSA) is 61.8 Å². The minimum Gasteiger partial charge on any atom is -0.487 e. The highest BCUT2D eigenvalue weighted by Gasteiger charge is 2.13. The molecule has 0 aliphatic rings. The molecule has 5 nitrogen and oxygen atoms in total. The zero-order valence-corrected chi connectivity index (χ0v) is 18.6. The molecule has 5 heteroatoms. The summed E-state index contributed by atoms with van der Waals surface area (Å²) in [6, 6.07) is 7.09. The number of para-hydroxylation sites is 2. The third-order valence-electron chi connectivity index (χ3n) is 4.49. The van der Waals surface area contributed by atoms with E-state index in [1.54, 1.807) is 18.2 Å². The van der Waals surface area contributed by atoms with E-state index in [4.69, 9.17) is 14.2 Å². The molecule has 1 atom stereocenters. The van der Waals surface area contributed by atoms with Crippen LogP contribution in [0.3, 0.4) is 0 Å². The molecule has 0 aliphatic heterocycles. The normalized spacial score (nSPS) is 11.9. The molecule has 0 fully saturated rings. The van der Waals surface area contributed by atoms with Crippen molar-refractivity contribution in [3.63, 3.8) is 0 Å². The third kappa shape index (κ3) is 12.2. The van der Waals surface area contributed by atoms with Crippen LogP contribution in [0.2, 0.25) is 0 Å².